The number of carbonyl (C=O) groups excluding carboxylic acids is 1. The number of alkyl carbamates (subject to hydrolysis) is 1. The lowest BCUT2D eigenvalue weighted by atomic mass is 10.0. The molecule has 0 aliphatic carbocycles. The summed E-state index contributed by atoms with van der Waals surface area (Å²) in [5.41, 5.74) is 0.826. The molecule has 1 aromatic rings. The summed E-state index contributed by atoms with van der Waals surface area (Å²) in [4.78, 5) is 11.2. The van der Waals surface area contributed by atoms with Crippen LogP contribution in [0.5, 0.6) is 11.5 Å². The minimum absolute atomic E-state index is 0. The van der Waals surface area contributed by atoms with Crippen molar-refractivity contribution >= 4 is 30.1 Å². The summed E-state index contributed by atoms with van der Waals surface area (Å²) in [7, 11) is 0. The maximum atomic E-state index is 11.2. The predicted octanol–water partition coefficient (Wildman–Crippen LogP) is 2.66. The summed E-state index contributed by atoms with van der Waals surface area (Å²) >= 11 is 6.16. The molecule has 0 bridgehead atoms. The Kier molecular flexibility index (Phi) is 3.73. The van der Waals surface area contributed by atoms with Crippen LogP contribution in [0.1, 0.15) is 18.0 Å². The second kappa shape index (κ2) is 5.12. The van der Waals surface area contributed by atoms with Crippen molar-refractivity contribution in [1.82, 2.24) is 5.32 Å². The maximum absolute atomic E-state index is 11.2. The number of cyclic esters (lactones) is 1. The van der Waals surface area contributed by atoms with Crippen LogP contribution in [0.15, 0.2) is 12.1 Å². The van der Waals surface area contributed by atoms with E-state index in [1.807, 2.05) is 0 Å². The Balaban J connectivity index is 0.00000120. The first-order valence-electron chi connectivity index (χ1n) is 5.26. The minimum Gasteiger partial charge on any atom is -0.454 e. The van der Waals surface area contributed by atoms with Gasteiger partial charge >= 0.3 is 6.09 Å². The molecule has 1 aromatic carbocycles. The Morgan fingerprint density at radius 1 is 1.22 bits per heavy atom. The molecular formula is C11H11Cl2NO4. The first-order valence-corrected chi connectivity index (χ1v) is 5.64. The van der Waals surface area contributed by atoms with Crippen molar-refractivity contribution in [1.29, 1.82) is 0 Å². The van der Waals surface area contributed by atoms with Crippen LogP contribution in [0.4, 0.5) is 4.79 Å². The van der Waals surface area contributed by atoms with E-state index in [4.69, 9.17) is 25.8 Å². The molecule has 18 heavy (non-hydrogen) atoms. The molecule has 2 aliphatic heterocycles. The molecule has 0 unspecified atom stereocenters. The van der Waals surface area contributed by atoms with Gasteiger partial charge in [-0.05, 0) is 11.6 Å². The lowest BCUT2D eigenvalue weighted by molar-refractivity contribution is 0.115. The summed E-state index contributed by atoms with van der Waals surface area (Å²) in [6, 6.07) is 3.38. The van der Waals surface area contributed by atoms with Crippen molar-refractivity contribution in [3.8, 4) is 11.5 Å². The number of hydrogen-bond donors (Lipinski definition) is 1. The second-order valence-corrected chi connectivity index (χ2v) is 4.26. The van der Waals surface area contributed by atoms with Gasteiger partial charge < -0.3 is 19.5 Å². The number of amides is 1. The van der Waals surface area contributed by atoms with E-state index in [1.54, 1.807) is 12.1 Å². The van der Waals surface area contributed by atoms with Crippen LogP contribution >= 0.6 is 24.0 Å². The predicted molar refractivity (Wildman–Crippen MR) is 66.7 cm³/mol. The van der Waals surface area contributed by atoms with Gasteiger partial charge in [0.1, 0.15) is 0 Å². The summed E-state index contributed by atoms with van der Waals surface area (Å²) in [6.45, 7) is 0.594. The van der Waals surface area contributed by atoms with Gasteiger partial charge in [0.25, 0.3) is 0 Å². The zero-order chi connectivity index (χ0) is 11.8. The maximum Gasteiger partial charge on any atom is 0.407 e. The molecule has 1 N–H and O–H groups in total. The Morgan fingerprint density at radius 2 is 1.94 bits per heavy atom. The van der Waals surface area contributed by atoms with E-state index in [9.17, 15) is 4.79 Å². The molecule has 5 nitrogen and oxygen atoms in total. The number of nitrogens with one attached hydrogen (secondary N) is 1. The summed E-state index contributed by atoms with van der Waals surface area (Å²) in [5.74, 6) is 1.29. The number of benzene rings is 1. The molecule has 1 amide bonds. The minimum atomic E-state index is -0.421. The van der Waals surface area contributed by atoms with Crippen molar-refractivity contribution in [2.75, 3.05) is 13.4 Å². The van der Waals surface area contributed by atoms with E-state index in [0.717, 1.165) is 5.56 Å². The third-order valence-electron chi connectivity index (χ3n) is 2.80. The van der Waals surface area contributed by atoms with Crippen molar-refractivity contribution in [3.05, 3.63) is 22.7 Å². The fraction of sp³-hybridized carbons (Fsp3) is 0.364. The van der Waals surface area contributed by atoms with Gasteiger partial charge in [-0.25, -0.2) is 4.79 Å². The number of carbonyl (C=O) groups is 1. The molecule has 0 spiro atoms. The molecule has 1 atom stereocenters. The third kappa shape index (κ3) is 2.28. The fourth-order valence-electron chi connectivity index (χ4n) is 1.96. The highest BCUT2D eigenvalue weighted by molar-refractivity contribution is 6.31. The van der Waals surface area contributed by atoms with Crippen molar-refractivity contribution in [2.24, 2.45) is 0 Å². The SMILES string of the molecule is Cl.O=C1N[C@H](c2cc3c(cc2Cl)OCO3)CCO1. The van der Waals surface area contributed by atoms with Gasteiger partial charge in [0.15, 0.2) is 11.5 Å². The highest BCUT2D eigenvalue weighted by atomic mass is 35.5. The molecule has 0 saturated carbocycles. The zero-order valence-corrected chi connectivity index (χ0v) is 10.8. The van der Waals surface area contributed by atoms with Gasteiger partial charge in [-0.15, -0.1) is 12.4 Å². The quantitative estimate of drug-likeness (QED) is 0.864. The highest BCUT2D eigenvalue weighted by Gasteiger charge is 2.25. The van der Waals surface area contributed by atoms with E-state index in [0.29, 0.717) is 29.5 Å². The molecule has 0 aromatic heterocycles. The zero-order valence-electron chi connectivity index (χ0n) is 9.27. The summed E-state index contributed by atoms with van der Waals surface area (Å²) in [6.07, 6.45) is 0.264. The second-order valence-electron chi connectivity index (χ2n) is 3.85. The molecular weight excluding hydrogens is 281 g/mol. The van der Waals surface area contributed by atoms with Gasteiger partial charge in [0.05, 0.1) is 12.6 Å². The molecule has 0 radical (unpaired) electrons. The Hall–Kier alpha value is -1.33. The van der Waals surface area contributed by atoms with Crippen LogP contribution < -0.4 is 14.8 Å². The summed E-state index contributed by atoms with van der Waals surface area (Å²) in [5, 5.41) is 3.28. The number of rotatable bonds is 1. The van der Waals surface area contributed by atoms with Crippen molar-refractivity contribution < 1.29 is 19.0 Å². The molecule has 7 heteroatoms. The van der Waals surface area contributed by atoms with Gasteiger partial charge in [-0.1, -0.05) is 11.6 Å². The van der Waals surface area contributed by atoms with Crippen LogP contribution in [0, 0.1) is 0 Å². The average molecular weight is 292 g/mol. The lowest BCUT2D eigenvalue weighted by Crippen LogP contribution is -2.35. The van der Waals surface area contributed by atoms with Crippen LogP contribution in [0.3, 0.4) is 0 Å². The highest BCUT2D eigenvalue weighted by Crippen LogP contribution is 2.39. The smallest absolute Gasteiger partial charge is 0.407 e. The first kappa shape index (κ1) is 13.1. The topological polar surface area (TPSA) is 56.8 Å². The molecule has 2 heterocycles. The molecule has 98 valence electrons. The molecule has 1 saturated heterocycles. The first-order chi connectivity index (χ1) is 8.24. The lowest BCUT2D eigenvalue weighted by Gasteiger charge is -2.24. The van der Waals surface area contributed by atoms with Gasteiger partial charge in [-0.2, -0.15) is 0 Å². The van der Waals surface area contributed by atoms with Gasteiger partial charge in [-0.3, -0.25) is 0 Å². The average Bonchev–Trinajstić information content (AvgIpc) is 2.75. The summed E-state index contributed by atoms with van der Waals surface area (Å²) < 4.78 is 15.3. The number of halogens is 2. The van der Waals surface area contributed by atoms with E-state index in [-0.39, 0.29) is 25.2 Å². The van der Waals surface area contributed by atoms with Gasteiger partial charge in [0, 0.05) is 17.5 Å². The monoisotopic (exact) mass is 291 g/mol. The van der Waals surface area contributed by atoms with Crippen molar-refractivity contribution in [2.45, 2.75) is 12.5 Å². The van der Waals surface area contributed by atoms with E-state index < -0.39 is 6.09 Å². The Bertz CT molecular complexity index is 480. The fourth-order valence-corrected chi connectivity index (χ4v) is 2.24. The number of ether oxygens (including phenoxy) is 3. The number of hydrogen-bond acceptors (Lipinski definition) is 4. The van der Waals surface area contributed by atoms with Crippen molar-refractivity contribution in [3.63, 3.8) is 0 Å². The standard InChI is InChI=1S/C11H10ClNO4.ClH/c12-7-4-10-9(16-5-17-10)3-6(7)8-1-2-15-11(14)13-8;/h3-4,8H,1-2,5H2,(H,13,14);1H/t8-;/m0./s1. The van der Waals surface area contributed by atoms with E-state index in [2.05, 4.69) is 5.32 Å². The molecule has 2 aliphatic rings. The Labute approximate surface area is 115 Å². The number of fused-ring (bicyclic) bond motifs is 1. The van der Waals surface area contributed by atoms with E-state index in [1.165, 1.54) is 0 Å². The van der Waals surface area contributed by atoms with Crippen LogP contribution in [0.2, 0.25) is 5.02 Å². The molecule has 3 rings (SSSR count). The normalized spacial score (nSPS) is 20.7. The van der Waals surface area contributed by atoms with Crippen LogP contribution in [0.25, 0.3) is 0 Å². The largest absolute Gasteiger partial charge is 0.454 e. The third-order valence-corrected chi connectivity index (χ3v) is 3.13. The van der Waals surface area contributed by atoms with Crippen LogP contribution in [-0.4, -0.2) is 19.5 Å². The van der Waals surface area contributed by atoms with Crippen LogP contribution in [-0.2, 0) is 4.74 Å². The van der Waals surface area contributed by atoms with E-state index >= 15 is 0 Å². The van der Waals surface area contributed by atoms with Gasteiger partial charge in [0.2, 0.25) is 6.79 Å². The Morgan fingerprint density at radius 3 is 2.67 bits per heavy atom. The molecule has 1 fully saturated rings.